The Bertz CT molecular complexity index is 787. The van der Waals surface area contributed by atoms with Crippen LogP contribution >= 0.6 is 0 Å². The van der Waals surface area contributed by atoms with Gasteiger partial charge in [0.2, 0.25) is 0 Å². The van der Waals surface area contributed by atoms with Crippen molar-refractivity contribution in [2.45, 2.75) is 13.3 Å². The number of amidine groups is 1. The zero-order valence-electron chi connectivity index (χ0n) is 13.6. The lowest BCUT2D eigenvalue weighted by Gasteiger charge is -2.04. The van der Waals surface area contributed by atoms with Crippen molar-refractivity contribution in [2.24, 2.45) is 5.73 Å². The Labute approximate surface area is 144 Å². The first-order valence-corrected chi connectivity index (χ1v) is 7.44. The Morgan fingerprint density at radius 3 is 2.60 bits per heavy atom. The molecule has 25 heavy (non-hydrogen) atoms. The van der Waals surface area contributed by atoms with Gasteiger partial charge in [-0.25, -0.2) is 4.79 Å². The van der Waals surface area contributed by atoms with Crippen molar-refractivity contribution in [2.75, 3.05) is 6.61 Å². The van der Waals surface area contributed by atoms with Gasteiger partial charge in [-0.2, -0.15) is 0 Å². The van der Waals surface area contributed by atoms with Gasteiger partial charge in [0.1, 0.15) is 5.75 Å². The van der Waals surface area contributed by atoms with Crippen molar-refractivity contribution in [1.29, 1.82) is 0 Å². The van der Waals surface area contributed by atoms with Crippen LogP contribution in [0.5, 0.6) is 5.75 Å². The number of rotatable bonds is 7. The van der Waals surface area contributed by atoms with Gasteiger partial charge in [-0.1, -0.05) is 29.4 Å². The number of carbonyl (C=O) groups is 1. The fourth-order valence-corrected chi connectivity index (χ4v) is 1.99. The molecular formula is C17H18N3O5+. The highest BCUT2D eigenvalue weighted by Crippen LogP contribution is 2.12. The Morgan fingerprint density at radius 1 is 1.24 bits per heavy atom. The molecular weight excluding hydrogens is 326 g/mol. The average Bonchev–Trinajstić information content (AvgIpc) is 2.58. The fraction of sp³-hybridized carbons (Fsp3) is 0.176. The van der Waals surface area contributed by atoms with Gasteiger partial charge in [0.05, 0.1) is 11.3 Å². The smallest absolute Gasteiger partial charge is 0.394 e. The van der Waals surface area contributed by atoms with E-state index in [1.807, 2.05) is 19.1 Å². The third kappa shape index (κ3) is 5.94. The second-order valence-electron chi connectivity index (χ2n) is 5.31. The second-order valence-corrected chi connectivity index (χ2v) is 5.31. The average molecular weight is 344 g/mol. The number of nitro groups is 1. The highest BCUT2D eigenvalue weighted by molar-refractivity contribution is 5.77. The molecule has 0 radical (unpaired) electrons. The van der Waals surface area contributed by atoms with Gasteiger partial charge in [0, 0.05) is 12.1 Å². The molecule has 0 saturated carbocycles. The van der Waals surface area contributed by atoms with Crippen LogP contribution in [0.15, 0.2) is 48.5 Å². The molecule has 0 bridgehead atoms. The minimum absolute atomic E-state index is 0.00462. The molecule has 0 unspecified atom stereocenters. The first-order valence-electron chi connectivity index (χ1n) is 7.44. The number of hydrogen-bond donors (Lipinski definition) is 2. The Balaban J connectivity index is 1.81. The largest absolute Gasteiger partial charge is 0.482 e. The molecule has 0 aliphatic heterocycles. The number of ether oxygens (including phenoxy) is 1. The molecule has 0 atom stereocenters. The van der Waals surface area contributed by atoms with Gasteiger partial charge in [0.15, 0.2) is 6.61 Å². The van der Waals surface area contributed by atoms with E-state index >= 15 is 0 Å². The van der Waals surface area contributed by atoms with E-state index in [1.165, 1.54) is 12.1 Å². The number of nitrogens with two attached hydrogens (primary N) is 1. The van der Waals surface area contributed by atoms with Crippen LogP contribution in [-0.4, -0.2) is 23.3 Å². The quantitative estimate of drug-likeness (QED) is 0.247. The second kappa shape index (κ2) is 8.44. The van der Waals surface area contributed by atoms with Gasteiger partial charge < -0.3 is 4.74 Å². The van der Waals surface area contributed by atoms with Crippen molar-refractivity contribution in [3.8, 4) is 5.75 Å². The molecule has 2 aromatic rings. The van der Waals surface area contributed by atoms with E-state index in [9.17, 15) is 14.9 Å². The van der Waals surface area contributed by atoms with E-state index in [2.05, 4.69) is 5.16 Å². The Kier molecular flexibility index (Phi) is 6.05. The third-order valence-electron chi connectivity index (χ3n) is 3.18. The number of nitro benzene ring substituents is 1. The zero-order valence-corrected chi connectivity index (χ0v) is 13.6. The Hall–Kier alpha value is -3.42. The van der Waals surface area contributed by atoms with Crippen molar-refractivity contribution in [3.63, 3.8) is 0 Å². The first-order chi connectivity index (χ1) is 11.9. The molecule has 0 saturated heterocycles. The molecule has 2 aromatic carbocycles. The van der Waals surface area contributed by atoms with Crippen LogP contribution in [0.25, 0.3) is 0 Å². The standard InChI is InChI=1S/C17H17N3O5/c1-12-3-2-4-15(9-12)24-11-17(21)25-19-16(18)10-13-5-7-14(8-6-13)20(22)23/h2-9H,10-11H2,1H3,(H2,18,19)/p+1. The Morgan fingerprint density at radius 2 is 1.96 bits per heavy atom. The lowest BCUT2D eigenvalue weighted by Crippen LogP contribution is -2.76. The summed E-state index contributed by atoms with van der Waals surface area (Å²) in [6, 6.07) is 13.2. The van der Waals surface area contributed by atoms with Crippen LogP contribution in [0.3, 0.4) is 0 Å². The van der Waals surface area contributed by atoms with E-state index in [4.69, 9.17) is 15.3 Å². The molecule has 0 fully saturated rings. The predicted octanol–water partition coefficient (Wildman–Crippen LogP) is 0.421. The maximum Gasteiger partial charge on any atom is 0.394 e. The predicted molar refractivity (Wildman–Crippen MR) is 89.7 cm³/mol. The van der Waals surface area contributed by atoms with E-state index in [0.29, 0.717) is 5.75 Å². The molecule has 0 spiro atoms. The van der Waals surface area contributed by atoms with Crippen LogP contribution in [-0.2, 0) is 16.1 Å². The SMILES string of the molecule is Cc1cccc(OCC(=O)O[NH+]=C(N)Cc2ccc([N+](=O)[O-])cc2)c1. The van der Waals surface area contributed by atoms with Crippen molar-refractivity contribution >= 4 is 17.5 Å². The van der Waals surface area contributed by atoms with Crippen LogP contribution in [0, 0.1) is 17.0 Å². The number of carbonyl (C=O) groups excluding carboxylic acids is 1. The molecule has 0 aromatic heterocycles. The van der Waals surface area contributed by atoms with Crippen molar-refractivity contribution < 1.29 is 24.4 Å². The molecule has 0 heterocycles. The van der Waals surface area contributed by atoms with Gasteiger partial charge >= 0.3 is 5.97 Å². The minimum Gasteiger partial charge on any atom is -0.482 e. The summed E-state index contributed by atoms with van der Waals surface area (Å²) in [6.45, 7) is 1.65. The van der Waals surface area contributed by atoms with Gasteiger partial charge in [-0.05, 0) is 30.2 Å². The summed E-state index contributed by atoms with van der Waals surface area (Å²) in [4.78, 5) is 26.5. The van der Waals surface area contributed by atoms with Gasteiger partial charge in [-0.15, -0.1) is 0 Å². The number of aryl methyl sites for hydroxylation is 1. The lowest BCUT2D eigenvalue weighted by atomic mass is 10.1. The molecule has 3 N–H and O–H groups in total. The summed E-state index contributed by atoms with van der Waals surface area (Å²) in [5.41, 5.74) is 7.48. The minimum atomic E-state index is -0.631. The maximum absolute atomic E-state index is 11.6. The number of nitrogens with zero attached hydrogens (tertiary/aromatic N) is 1. The lowest BCUT2D eigenvalue weighted by molar-refractivity contribution is -0.725. The monoisotopic (exact) mass is 344 g/mol. The van der Waals surface area contributed by atoms with E-state index in [-0.39, 0.29) is 24.6 Å². The van der Waals surface area contributed by atoms with Gasteiger partial charge in [0.25, 0.3) is 11.5 Å². The van der Waals surface area contributed by atoms with Crippen LogP contribution in [0.4, 0.5) is 5.69 Å². The molecule has 130 valence electrons. The summed E-state index contributed by atoms with van der Waals surface area (Å²) in [5, 5.41) is 12.9. The zero-order chi connectivity index (χ0) is 18.2. The van der Waals surface area contributed by atoms with E-state index < -0.39 is 10.9 Å². The summed E-state index contributed by atoms with van der Waals surface area (Å²) >= 11 is 0. The number of hydrogen-bond acceptors (Lipinski definition) is 5. The number of non-ortho nitro benzene ring substituents is 1. The molecule has 0 aliphatic rings. The molecule has 8 nitrogen and oxygen atoms in total. The summed E-state index contributed by atoms with van der Waals surface area (Å²) in [7, 11) is 0. The van der Waals surface area contributed by atoms with E-state index in [1.54, 1.807) is 24.3 Å². The normalized spacial score (nSPS) is 11.0. The number of nitrogens with one attached hydrogen (secondary N) is 1. The summed E-state index contributed by atoms with van der Waals surface area (Å²) in [5.74, 6) is 0.130. The molecule has 2 rings (SSSR count). The first kappa shape index (κ1) is 17.9. The molecule has 8 heteroatoms. The fourth-order valence-electron chi connectivity index (χ4n) is 1.99. The number of benzene rings is 2. The van der Waals surface area contributed by atoms with Crippen molar-refractivity contribution in [3.05, 3.63) is 69.8 Å². The highest BCUT2D eigenvalue weighted by Gasteiger charge is 2.10. The van der Waals surface area contributed by atoms with Crippen LogP contribution in [0.1, 0.15) is 11.1 Å². The third-order valence-corrected chi connectivity index (χ3v) is 3.18. The summed E-state index contributed by atoms with van der Waals surface area (Å²) in [6.07, 6.45) is 0.254. The highest BCUT2D eigenvalue weighted by atomic mass is 16.7. The van der Waals surface area contributed by atoms with Gasteiger partial charge in [-0.3, -0.25) is 20.7 Å². The van der Waals surface area contributed by atoms with E-state index in [0.717, 1.165) is 11.1 Å². The molecule has 0 aliphatic carbocycles. The van der Waals surface area contributed by atoms with Crippen LogP contribution < -0.4 is 15.6 Å². The maximum atomic E-state index is 11.6. The topological polar surface area (TPSA) is 119 Å². The van der Waals surface area contributed by atoms with Crippen molar-refractivity contribution in [1.82, 2.24) is 0 Å². The summed E-state index contributed by atoms with van der Waals surface area (Å²) < 4.78 is 5.31. The molecule has 0 amide bonds. The van der Waals surface area contributed by atoms with Crippen LogP contribution in [0.2, 0.25) is 0 Å².